The molecule has 7 heteroatoms. The molecule has 1 aliphatic rings. The molecule has 2 aromatic heterocycles. The van der Waals surface area contributed by atoms with E-state index in [-0.39, 0.29) is 11.9 Å². The minimum absolute atomic E-state index is 0.0130. The fourth-order valence-electron chi connectivity index (χ4n) is 3.68. The first-order valence-electron chi connectivity index (χ1n) is 9.65. The molecule has 0 saturated carbocycles. The molecule has 2 aromatic carbocycles. The Morgan fingerprint density at radius 1 is 1.07 bits per heavy atom. The summed E-state index contributed by atoms with van der Waals surface area (Å²) in [6.07, 6.45) is 4.19. The van der Waals surface area contributed by atoms with Gasteiger partial charge in [0.2, 0.25) is 0 Å². The van der Waals surface area contributed by atoms with E-state index in [1.807, 2.05) is 24.3 Å². The number of pyridine rings is 1. The number of anilines is 1. The third kappa shape index (κ3) is 3.19. The molecular formula is C23H17ClFN5. The summed E-state index contributed by atoms with van der Waals surface area (Å²) in [6.45, 7) is 2.06. The first kappa shape index (κ1) is 18.6. The van der Waals surface area contributed by atoms with Crippen molar-refractivity contribution in [2.75, 3.05) is 5.32 Å². The van der Waals surface area contributed by atoms with Gasteiger partial charge in [-0.2, -0.15) is 0 Å². The summed E-state index contributed by atoms with van der Waals surface area (Å²) in [5.41, 5.74) is 3.16. The van der Waals surface area contributed by atoms with Gasteiger partial charge in [0.1, 0.15) is 17.5 Å². The highest BCUT2D eigenvalue weighted by Gasteiger charge is 2.25. The van der Waals surface area contributed by atoms with Crippen molar-refractivity contribution in [2.24, 2.45) is 4.99 Å². The molecule has 30 heavy (non-hydrogen) atoms. The summed E-state index contributed by atoms with van der Waals surface area (Å²) < 4.78 is 14.0. The number of amidine groups is 1. The largest absolute Gasteiger partial charge is 0.324 e. The SMILES string of the molecule is CCC1N=C(Nc2nc(-c3ccccc3Cl)nc3cnccc23)c2cc(F)ccc21. The average Bonchev–Trinajstić information content (AvgIpc) is 3.10. The lowest BCUT2D eigenvalue weighted by Gasteiger charge is -2.12. The number of fused-ring (bicyclic) bond motifs is 2. The minimum atomic E-state index is -0.298. The lowest BCUT2D eigenvalue weighted by Crippen LogP contribution is -2.14. The molecule has 5 rings (SSSR count). The lowest BCUT2D eigenvalue weighted by molar-refractivity contribution is 0.625. The van der Waals surface area contributed by atoms with Gasteiger partial charge < -0.3 is 5.32 Å². The van der Waals surface area contributed by atoms with Gasteiger partial charge in [-0.3, -0.25) is 9.98 Å². The molecule has 3 heterocycles. The Hall–Kier alpha value is -3.38. The topological polar surface area (TPSA) is 63.1 Å². The Morgan fingerprint density at radius 2 is 1.93 bits per heavy atom. The zero-order valence-electron chi connectivity index (χ0n) is 16.1. The Kier molecular flexibility index (Phi) is 4.64. The van der Waals surface area contributed by atoms with Crippen molar-refractivity contribution in [3.05, 3.63) is 82.9 Å². The number of nitrogens with one attached hydrogen (secondary N) is 1. The molecule has 0 saturated heterocycles. The molecule has 1 unspecified atom stereocenters. The number of nitrogens with zero attached hydrogens (tertiary/aromatic N) is 4. The number of benzene rings is 2. The molecule has 0 radical (unpaired) electrons. The van der Waals surface area contributed by atoms with Crippen LogP contribution in [0.2, 0.25) is 5.02 Å². The molecule has 1 atom stereocenters. The molecule has 0 spiro atoms. The summed E-state index contributed by atoms with van der Waals surface area (Å²) in [4.78, 5) is 18.3. The Balaban J connectivity index is 1.65. The molecule has 0 bridgehead atoms. The van der Waals surface area contributed by atoms with E-state index >= 15 is 0 Å². The van der Waals surface area contributed by atoms with Crippen molar-refractivity contribution in [3.8, 4) is 11.4 Å². The maximum absolute atomic E-state index is 14.0. The third-order valence-electron chi connectivity index (χ3n) is 5.15. The van der Waals surface area contributed by atoms with Gasteiger partial charge in [-0.25, -0.2) is 14.4 Å². The van der Waals surface area contributed by atoms with Crippen LogP contribution in [0, 0.1) is 5.82 Å². The van der Waals surface area contributed by atoms with E-state index < -0.39 is 0 Å². The zero-order valence-corrected chi connectivity index (χ0v) is 16.9. The number of halogens is 2. The van der Waals surface area contributed by atoms with Gasteiger partial charge in [-0.1, -0.05) is 36.7 Å². The zero-order chi connectivity index (χ0) is 20.7. The van der Waals surface area contributed by atoms with Crippen molar-refractivity contribution >= 4 is 34.2 Å². The van der Waals surface area contributed by atoms with Gasteiger partial charge in [0.15, 0.2) is 5.82 Å². The van der Waals surface area contributed by atoms with Gasteiger partial charge >= 0.3 is 0 Å². The van der Waals surface area contributed by atoms with Crippen LogP contribution < -0.4 is 5.32 Å². The van der Waals surface area contributed by atoms with Crippen LogP contribution >= 0.6 is 11.6 Å². The average molecular weight is 418 g/mol. The Bertz CT molecular complexity index is 1300. The van der Waals surface area contributed by atoms with E-state index in [2.05, 4.69) is 22.2 Å². The van der Waals surface area contributed by atoms with Crippen molar-refractivity contribution in [1.29, 1.82) is 0 Å². The molecule has 0 aliphatic carbocycles. The van der Waals surface area contributed by atoms with Gasteiger partial charge in [-0.05, 0) is 42.3 Å². The highest BCUT2D eigenvalue weighted by molar-refractivity contribution is 6.33. The number of rotatable bonds is 3. The smallest absolute Gasteiger partial charge is 0.163 e. The molecule has 148 valence electrons. The predicted octanol–water partition coefficient (Wildman–Crippen LogP) is 5.81. The first-order chi connectivity index (χ1) is 14.6. The number of hydrogen-bond acceptors (Lipinski definition) is 5. The predicted molar refractivity (Wildman–Crippen MR) is 117 cm³/mol. The lowest BCUT2D eigenvalue weighted by atomic mass is 10.0. The second kappa shape index (κ2) is 7.46. The number of aliphatic imine (C=N–C) groups is 1. The van der Waals surface area contributed by atoms with E-state index in [4.69, 9.17) is 21.6 Å². The first-order valence-corrected chi connectivity index (χ1v) is 10.0. The molecule has 4 aromatic rings. The normalized spacial score (nSPS) is 15.2. The van der Waals surface area contributed by atoms with Crippen LogP contribution in [0.3, 0.4) is 0 Å². The Labute approximate surface area is 177 Å². The summed E-state index contributed by atoms with van der Waals surface area (Å²) in [6, 6.07) is 14.0. The van der Waals surface area contributed by atoms with Gasteiger partial charge in [0.05, 0.1) is 22.8 Å². The van der Waals surface area contributed by atoms with E-state index in [0.29, 0.717) is 28.0 Å². The van der Waals surface area contributed by atoms with Gasteiger partial charge in [-0.15, -0.1) is 0 Å². The van der Waals surface area contributed by atoms with Crippen LogP contribution in [0.5, 0.6) is 0 Å². The molecule has 1 N–H and O–H groups in total. The second-order valence-electron chi connectivity index (χ2n) is 7.03. The van der Waals surface area contributed by atoms with Crippen molar-refractivity contribution in [3.63, 3.8) is 0 Å². The van der Waals surface area contributed by atoms with E-state index in [0.717, 1.165) is 28.5 Å². The van der Waals surface area contributed by atoms with Crippen LogP contribution in [-0.4, -0.2) is 20.8 Å². The monoisotopic (exact) mass is 417 g/mol. The third-order valence-corrected chi connectivity index (χ3v) is 5.48. The second-order valence-corrected chi connectivity index (χ2v) is 7.43. The summed E-state index contributed by atoms with van der Waals surface area (Å²) in [7, 11) is 0. The standard InChI is InChI=1S/C23H17ClFN5/c1-2-19-14-8-7-13(25)11-17(14)23(27-19)30-22-16-9-10-26-12-20(16)28-21(29-22)15-5-3-4-6-18(15)24/h3-12,19H,2H2,1H3,(H,27,28,29,30). The highest BCUT2D eigenvalue weighted by atomic mass is 35.5. The maximum atomic E-state index is 14.0. The fourth-order valence-corrected chi connectivity index (χ4v) is 3.90. The van der Waals surface area contributed by atoms with Crippen molar-refractivity contribution in [1.82, 2.24) is 15.0 Å². The number of aromatic nitrogens is 3. The van der Waals surface area contributed by atoms with E-state index in [1.165, 1.54) is 12.1 Å². The van der Waals surface area contributed by atoms with Gasteiger partial charge in [0, 0.05) is 22.7 Å². The molecular weight excluding hydrogens is 401 g/mol. The van der Waals surface area contributed by atoms with Crippen molar-refractivity contribution < 1.29 is 4.39 Å². The molecule has 5 nitrogen and oxygen atoms in total. The summed E-state index contributed by atoms with van der Waals surface area (Å²) >= 11 is 6.37. The minimum Gasteiger partial charge on any atom is -0.324 e. The van der Waals surface area contributed by atoms with Crippen LogP contribution in [0.1, 0.15) is 30.5 Å². The maximum Gasteiger partial charge on any atom is 0.163 e. The summed E-state index contributed by atoms with van der Waals surface area (Å²) in [5, 5.41) is 4.67. The summed E-state index contributed by atoms with van der Waals surface area (Å²) in [5.74, 6) is 1.35. The quantitative estimate of drug-likeness (QED) is 0.457. The van der Waals surface area contributed by atoms with E-state index in [9.17, 15) is 4.39 Å². The van der Waals surface area contributed by atoms with Gasteiger partial charge in [0.25, 0.3) is 0 Å². The van der Waals surface area contributed by atoms with Crippen LogP contribution in [0.25, 0.3) is 22.3 Å². The van der Waals surface area contributed by atoms with Crippen LogP contribution in [0.15, 0.2) is 65.9 Å². The highest BCUT2D eigenvalue weighted by Crippen LogP contribution is 2.34. The molecule has 0 amide bonds. The van der Waals surface area contributed by atoms with Crippen LogP contribution in [0.4, 0.5) is 10.2 Å². The van der Waals surface area contributed by atoms with Crippen molar-refractivity contribution in [2.45, 2.75) is 19.4 Å². The number of hydrogen-bond donors (Lipinski definition) is 1. The Morgan fingerprint density at radius 3 is 2.77 bits per heavy atom. The van der Waals surface area contributed by atoms with Crippen LogP contribution in [-0.2, 0) is 0 Å². The molecule has 0 fully saturated rings. The fraction of sp³-hybridized carbons (Fsp3) is 0.130. The molecule has 1 aliphatic heterocycles. The van der Waals surface area contributed by atoms with E-state index in [1.54, 1.807) is 24.5 Å².